The molecular formula is C21H25NO2. The molecule has 3 rings (SSSR count). The summed E-state index contributed by atoms with van der Waals surface area (Å²) in [4.78, 5) is 13.1. The van der Waals surface area contributed by atoms with Crippen molar-refractivity contribution in [3.63, 3.8) is 0 Å². The number of benzene rings is 2. The molecule has 1 N–H and O–H groups in total. The SMILES string of the molecule is CC1CC(C(c2ccccc2)c2ccccc2)CCN1CC(=O)O. The van der Waals surface area contributed by atoms with Gasteiger partial charge in [0.25, 0.3) is 0 Å². The van der Waals surface area contributed by atoms with E-state index in [2.05, 4.69) is 72.5 Å². The fraction of sp³-hybridized carbons (Fsp3) is 0.381. The molecule has 1 aliphatic rings. The van der Waals surface area contributed by atoms with Crippen LogP contribution in [0.15, 0.2) is 60.7 Å². The van der Waals surface area contributed by atoms with Gasteiger partial charge < -0.3 is 5.11 Å². The Morgan fingerprint density at radius 1 is 1.08 bits per heavy atom. The molecule has 3 nitrogen and oxygen atoms in total. The van der Waals surface area contributed by atoms with Crippen LogP contribution in [0, 0.1) is 5.92 Å². The molecule has 0 bridgehead atoms. The minimum absolute atomic E-state index is 0.148. The van der Waals surface area contributed by atoms with E-state index in [0.717, 1.165) is 19.4 Å². The Morgan fingerprint density at radius 3 is 2.08 bits per heavy atom. The quantitative estimate of drug-likeness (QED) is 0.904. The van der Waals surface area contributed by atoms with Gasteiger partial charge in [0.1, 0.15) is 0 Å². The van der Waals surface area contributed by atoms with Gasteiger partial charge in [-0.05, 0) is 43.4 Å². The summed E-state index contributed by atoms with van der Waals surface area (Å²) < 4.78 is 0. The Balaban J connectivity index is 1.84. The van der Waals surface area contributed by atoms with Crippen LogP contribution in [0.5, 0.6) is 0 Å². The van der Waals surface area contributed by atoms with Crippen molar-refractivity contribution in [2.75, 3.05) is 13.1 Å². The van der Waals surface area contributed by atoms with E-state index in [1.807, 2.05) is 0 Å². The summed E-state index contributed by atoms with van der Waals surface area (Å²) in [7, 11) is 0. The molecular weight excluding hydrogens is 298 g/mol. The molecule has 1 heterocycles. The molecule has 0 amide bonds. The standard InChI is InChI=1S/C21H25NO2/c1-16-14-19(12-13-22(16)15-20(23)24)21(17-8-4-2-5-9-17)18-10-6-3-7-11-18/h2-11,16,19,21H,12-15H2,1H3,(H,23,24). The smallest absolute Gasteiger partial charge is 0.317 e. The predicted octanol–water partition coefficient (Wildman–Crippen LogP) is 4.00. The first-order valence-corrected chi connectivity index (χ1v) is 8.71. The van der Waals surface area contributed by atoms with Crippen molar-refractivity contribution in [2.24, 2.45) is 5.92 Å². The maximum atomic E-state index is 11.0. The lowest BCUT2D eigenvalue weighted by molar-refractivity contribution is -0.139. The van der Waals surface area contributed by atoms with Gasteiger partial charge in [-0.1, -0.05) is 60.7 Å². The third-order valence-electron chi connectivity index (χ3n) is 5.18. The first kappa shape index (κ1) is 16.7. The summed E-state index contributed by atoms with van der Waals surface area (Å²) in [5.41, 5.74) is 2.71. The minimum atomic E-state index is -0.733. The highest BCUT2D eigenvalue weighted by molar-refractivity contribution is 5.69. The van der Waals surface area contributed by atoms with Crippen LogP contribution in [-0.2, 0) is 4.79 Å². The van der Waals surface area contributed by atoms with Crippen molar-refractivity contribution in [3.8, 4) is 0 Å². The van der Waals surface area contributed by atoms with E-state index in [1.165, 1.54) is 11.1 Å². The molecule has 0 aliphatic carbocycles. The largest absolute Gasteiger partial charge is 0.480 e. The third-order valence-corrected chi connectivity index (χ3v) is 5.18. The van der Waals surface area contributed by atoms with Gasteiger partial charge in [0.15, 0.2) is 0 Å². The third kappa shape index (κ3) is 3.85. The zero-order valence-electron chi connectivity index (χ0n) is 14.1. The van der Waals surface area contributed by atoms with Crippen molar-refractivity contribution in [3.05, 3.63) is 71.8 Å². The van der Waals surface area contributed by atoms with Crippen LogP contribution in [0.4, 0.5) is 0 Å². The summed E-state index contributed by atoms with van der Waals surface area (Å²) >= 11 is 0. The van der Waals surface area contributed by atoms with E-state index in [1.54, 1.807) is 0 Å². The number of hydrogen-bond donors (Lipinski definition) is 1. The number of carboxylic acid groups (broad SMARTS) is 1. The number of hydrogen-bond acceptors (Lipinski definition) is 2. The molecule has 1 aliphatic heterocycles. The second-order valence-corrected chi connectivity index (χ2v) is 6.80. The van der Waals surface area contributed by atoms with Crippen LogP contribution in [0.1, 0.15) is 36.8 Å². The summed E-state index contributed by atoms with van der Waals surface area (Å²) in [5, 5.41) is 9.07. The molecule has 0 radical (unpaired) electrons. The lowest BCUT2D eigenvalue weighted by Gasteiger charge is -2.40. The zero-order valence-corrected chi connectivity index (χ0v) is 14.1. The van der Waals surface area contributed by atoms with Crippen molar-refractivity contribution in [2.45, 2.75) is 31.7 Å². The van der Waals surface area contributed by atoms with Gasteiger partial charge in [-0.3, -0.25) is 9.69 Å². The van der Waals surface area contributed by atoms with Crippen molar-refractivity contribution >= 4 is 5.97 Å². The molecule has 24 heavy (non-hydrogen) atoms. The molecule has 0 aromatic heterocycles. The average Bonchev–Trinajstić information content (AvgIpc) is 2.59. The monoisotopic (exact) mass is 323 g/mol. The van der Waals surface area contributed by atoms with E-state index < -0.39 is 5.97 Å². The number of carboxylic acids is 1. The van der Waals surface area contributed by atoms with E-state index in [0.29, 0.717) is 17.9 Å². The fourth-order valence-corrected chi connectivity index (χ4v) is 4.03. The Kier molecular flexibility index (Phi) is 5.31. The van der Waals surface area contributed by atoms with Crippen LogP contribution in [-0.4, -0.2) is 35.1 Å². The van der Waals surface area contributed by atoms with Gasteiger partial charge in [0.05, 0.1) is 6.54 Å². The highest BCUT2D eigenvalue weighted by atomic mass is 16.4. The summed E-state index contributed by atoms with van der Waals surface area (Å²) in [6.45, 7) is 3.16. The second kappa shape index (κ2) is 7.63. The number of rotatable bonds is 5. The van der Waals surface area contributed by atoms with E-state index in [9.17, 15) is 4.79 Å². The zero-order chi connectivity index (χ0) is 16.9. The van der Waals surface area contributed by atoms with Gasteiger partial charge in [-0.2, -0.15) is 0 Å². The Labute approximate surface area is 143 Å². The number of piperidine rings is 1. The molecule has 3 heteroatoms. The van der Waals surface area contributed by atoms with Gasteiger partial charge >= 0.3 is 5.97 Å². The fourth-order valence-electron chi connectivity index (χ4n) is 4.03. The molecule has 2 unspecified atom stereocenters. The van der Waals surface area contributed by atoms with Crippen molar-refractivity contribution < 1.29 is 9.90 Å². The molecule has 0 saturated carbocycles. The van der Waals surface area contributed by atoms with Crippen molar-refractivity contribution in [1.29, 1.82) is 0 Å². The minimum Gasteiger partial charge on any atom is -0.480 e. The highest BCUT2D eigenvalue weighted by Crippen LogP contribution is 2.39. The highest BCUT2D eigenvalue weighted by Gasteiger charge is 2.32. The van der Waals surface area contributed by atoms with Crippen LogP contribution in [0.3, 0.4) is 0 Å². The molecule has 2 aromatic carbocycles. The van der Waals surface area contributed by atoms with E-state index >= 15 is 0 Å². The number of aliphatic carboxylic acids is 1. The molecule has 2 aromatic rings. The van der Waals surface area contributed by atoms with Gasteiger partial charge in [0, 0.05) is 12.0 Å². The predicted molar refractivity (Wildman–Crippen MR) is 96.1 cm³/mol. The number of likely N-dealkylation sites (tertiary alicyclic amines) is 1. The second-order valence-electron chi connectivity index (χ2n) is 6.80. The first-order valence-electron chi connectivity index (χ1n) is 8.71. The van der Waals surface area contributed by atoms with Gasteiger partial charge in [0.2, 0.25) is 0 Å². The summed E-state index contributed by atoms with van der Waals surface area (Å²) in [6, 6.07) is 21.7. The Bertz CT molecular complexity index is 617. The summed E-state index contributed by atoms with van der Waals surface area (Å²) in [5.74, 6) is 0.180. The Hall–Kier alpha value is -2.13. The van der Waals surface area contributed by atoms with E-state index in [4.69, 9.17) is 5.11 Å². The van der Waals surface area contributed by atoms with Gasteiger partial charge in [-0.15, -0.1) is 0 Å². The van der Waals surface area contributed by atoms with Crippen LogP contribution in [0.2, 0.25) is 0 Å². The normalized spacial score (nSPS) is 21.8. The van der Waals surface area contributed by atoms with Crippen LogP contribution in [0.25, 0.3) is 0 Å². The molecule has 2 atom stereocenters. The molecule has 126 valence electrons. The number of nitrogens with zero attached hydrogens (tertiary/aromatic N) is 1. The van der Waals surface area contributed by atoms with E-state index in [-0.39, 0.29) is 6.54 Å². The lowest BCUT2D eigenvalue weighted by atomic mass is 9.74. The Morgan fingerprint density at radius 2 is 1.62 bits per heavy atom. The average molecular weight is 323 g/mol. The number of carbonyl (C=O) groups is 1. The van der Waals surface area contributed by atoms with Crippen LogP contribution >= 0.6 is 0 Å². The molecule has 0 spiro atoms. The maximum absolute atomic E-state index is 11.0. The first-order chi connectivity index (χ1) is 11.6. The topological polar surface area (TPSA) is 40.5 Å². The van der Waals surface area contributed by atoms with Crippen molar-refractivity contribution in [1.82, 2.24) is 4.90 Å². The molecule has 1 saturated heterocycles. The maximum Gasteiger partial charge on any atom is 0.317 e. The van der Waals surface area contributed by atoms with Crippen LogP contribution < -0.4 is 0 Å². The lowest BCUT2D eigenvalue weighted by Crippen LogP contribution is -2.44. The summed E-state index contributed by atoms with van der Waals surface area (Å²) in [6.07, 6.45) is 2.06. The van der Waals surface area contributed by atoms with Gasteiger partial charge in [-0.25, -0.2) is 0 Å². The molecule has 1 fully saturated rings.